The molecule has 0 aliphatic carbocycles. The van der Waals surface area contributed by atoms with Crippen molar-refractivity contribution in [2.45, 2.75) is 9.79 Å². The normalized spacial score (nSPS) is 33.4. The molecule has 2 aliphatic rings. The quantitative estimate of drug-likeness (QED) is 0.835. The number of nitrogens with zero attached hydrogens (tertiary/aromatic N) is 3. The molecule has 0 saturated carbocycles. The Kier molecular flexibility index (Phi) is 2.26. The molecule has 0 radical (unpaired) electrons. The van der Waals surface area contributed by atoms with E-state index >= 15 is 0 Å². The highest BCUT2D eigenvalue weighted by Crippen LogP contribution is 2.40. The van der Waals surface area contributed by atoms with Crippen molar-refractivity contribution in [3.05, 3.63) is 53.9 Å². The van der Waals surface area contributed by atoms with Crippen LogP contribution in [-0.4, -0.2) is 73.0 Å². The van der Waals surface area contributed by atoms with E-state index in [0.29, 0.717) is 11.8 Å². The van der Waals surface area contributed by atoms with Gasteiger partial charge in [-0.05, 0) is 18.1 Å². The van der Waals surface area contributed by atoms with E-state index in [-0.39, 0.29) is 14.7 Å². The second-order valence-corrected chi connectivity index (χ2v) is 6.03. The van der Waals surface area contributed by atoms with Crippen LogP contribution in [-0.2, 0) is 4.74 Å². The van der Waals surface area contributed by atoms with Crippen molar-refractivity contribution < 1.29 is 34.5 Å². The Morgan fingerprint density at radius 1 is 1.15 bits per heavy atom. The van der Waals surface area contributed by atoms with Crippen LogP contribution < -0.4 is 0 Å². The van der Waals surface area contributed by atoms with E-state index in [1.165, 1.54) is 0 Å². The summed E-state index contributed by atoms with van der Waals surface area (Å²) in [6.45, 7) is -20.5. The van der Waals surface area contributed by atoms with Crippen molar-refractivity contribution >= 4 is 23.3 Å². The van der Waals surface area contributed by atoms with E-state index in [4.69, 9.17) is 34.5 Å². The number of aliphatic hydroxyl groups excluding tert-OH is 1. The SMILES string of the molecule is [2H]c1c([2H])c([2H])c2c(c1[2H])N=C(N1C([2H])([2H])CN(C([2H])([2H])C([2H])([2H])OCCO)C([2H])([2H])C1([2H])[2H])c1c([2H])c([2H])c([2H])c([2H])c1S2. The number of benzene rings is 2. The van der Waals surface area contributed by atoms with E-state index in [9.17, 15) is 0 Å². The van der Waals surface area contributed by atoms with Crippen LogP contribution in [0.3, 0.4) is 0 Å². The van der Waals surface area contributed by atoms with Crippen molar-refractivity contribution in [3.63, 3.8) is 0 Å². The summed E-state index contributed by atoms with van der Waals surface area (Å²) in [4.78, 5) is 3.39. The van der Waals surface area contributed by atoms with Crippen LogP contribution in [0.4, 0.5) is 5.69 Å². The van der Waals surface area contributed by atoms with E-state index < -0.39 is 123 Å². The summed E-state index contributed by atoms with van der Waals surface area (Å²) in [6.07, 6.45) is 0. The van der Waals surface area contributed by atoms with Crippen molar-refractivity contribution in [1.82, 2.24) is 9.80 Å². The van der Waals surface area contributed by atoms with Crippen molar-refractivity contribution in [2.24, 2.45) is 4.99 Å². The first-order valence-corrected chi connectivity index (χ1v) is 8.52. The summed E-state index contributed by atoms with van der Waals surface area (Å²) in [5.41, 5.74) is -1.24. The van der Waals surface area contributed by atoms with Gasteiger partial charge in [-0.1, -0.05) is 42.0 Å². The molecule has 1 N–H and O–H groups in total. The van der Waals surface area contributed by atoms with E-state index in [0.717, 1.165) is 0 Å². The summed E-state index contributed by atoms with van der Waals surface area (Å²) >= 11 is 0.456. The minimum Gasteiger partial charge on any atom is -0.394 e. The Hall–Kier alpha value is -1.86. The van der Waals surface area contributed by atoms with Crippen LogP contribution in [0.25, 0.3) is 0 Å². The Morgan fingerprint density at radius 3 is 2.85 bits per heavy atom. The molecule has 27 heavy (non-hydrogen) atoms. The monoisotopic (exact) mass is 401 g/mol. The fraction of sp³-hybridized carbons (Fsp3) is 0.381. The molecule has 2 aromatic rings. The summed E-state index contributed by atoms with van der Waals surface area (Å²) in [6, 6.07) is -6.22. The van der Waals surface area contributed by atoms with Gasteiger partial charge in [-0.2, -0.15) is 0 Å². The highest BCUT2D eigenvalue weighted by Gasteiger charge is 2.24. The zero-order valence-electron chi connectivity index (χ0n) is 31.7. The first-order valence-electron chi connectivity index (χ1n) is 16.7. The fourth-order valence-electron chi connectivity index (χ4n) is 2.12. The van der Waals surface area contributed by atoms with Crippen LogP contribution in [0.15, 0.2) is 63.1 Å². The number of fused-ring (bicyclic) bond motifs is 2. The third kappa shape index (κ3) is 4.35. The maximum absolute atomic E-state index is 9.03. The Bertz CT molecular complexity index is 1600. The standard InChI is InChI=1S/C21H25N3O2S/c25-14-16-26-15-13-23-9-11-24(12-10-23)21-17-5-1-3-7-19(17)27-20-8-4-2-6-18(20)22-21/h1-8,25H,9-16H2/i1D,2D,3D,4D,5D,6D,7D,8D,9D2,11D2,12D2,13D2,15D2. The van der Waals surface area contributed by atoms with E-state index in [1.807, 2.05) is 0 Å². The van der Waals surface area contributed by atoms with Gasteiger partial charge in [0.15, 0.2) is 0 Å². The molecule has 0 atom stereocenters. The molecule has 0 amide bonds. The number of aliphatic hydroxyl groups is 1. The number of piperazine rings is 1. The first kappa shape index (κ1) is 6.88. The maximum atomic E-state index is 9.03. The summed E-state index contributed by atoms with van der Waals surface area (Å²) in [7, 11) is 0. The number of amidine groups is 1. The molecule has 5 nitrogen and oxygen atoms in total. The Labute approximate surface area is 189 Å². The molecule has 4 rings (SSSR count). The molecule has 2 heterocycles. The lowest BCUT2D eigenvalue weighted by molar-refractivity contribution is 0.0652. The van der Waals surface area contributed by atoms with Crippen molar-refractivity contribution in [1.29, 1.82) is 0 Å². The maximum Gasteiger partial charge on any atom is 0.137 e. The van der Waals surface area contributed by atoms with Gasteiger partial charge in [0, 0.05) is 53.4 Å². The van der Waals surface area contributed by atoms with Gasteiger partial charge in [-0.3, -0.25) is 4.90 Å². The van der Waals surface area contributed by atoms with Crippen molar-refractivity contribution in [3.8, 4) is 0 Å². The second kappa shape index (κ2) is 8.89. The van der Waals surface area contributed by atoms with Gasteiger partial charge in [0.25, 0.3) is 0 Å². The number of para-hydroxylation sites is 1. The van der Waals surface area contributed by atoms with Gasteiger partial charge in [0.05, 0.1) is 44.7 Å². The minimum atomic E-state index is -3.73. The summed E-state index contributed by atoms with van der Waals surface area (Å²) in [5, 5.41) is 9.03. The zero-order valence-corrected chi connectivity index (χ0v) is 14.5. The molecule has 6 heteroatoms. The Balaban J connectivity index is 2.08. The van der Waals surface area contributed by atoms with Gasteiger partial charge in [0.2, 0.25) is 0 Å². The molecule has 1 fully saturated rings. The smallest absolute Gasteiger partial charge is 0.137 e. The van der Waals surface area contributed by atoms with E-state index in [2.05, 4.69) is 4.99 Å². The minimum absolute atomic E-state index is 0.0683. The predicted molar refractivity (Wildman–Crippen MR) is 109 cm³/mol. The number of ether oxygens (including phenoxy) is 1. The highest BCUT2D eigenvalue weighted by molar-refractivity contribution is 7.99. The summed E-state index contributed by atoms with van der Waals surface area (Å²) in [5.74, 6) is -0.980. The van der Waals surface area contributed by atoms with Crippen LogP contribution in [0.2, 0.25) is 0 Å². The molecule has 0 spiro atoms. The van der Waals surface area contributed by atoms with Crippen LogP contribution in [0.1, 0.15) is 30.2 Å². The number of hydrogen-bond donors (Lipinski definition) is 1. The molecule has 2 aromatic carbocycles. The average molecular weight is 402 g/mol. The number of rotatable bonds is 5. The van der Waals surface area contributed by atoms with Gasteiger partial charge in [-0.15, -0.1) is 0 Å². The highest BCUT2D eigenvalue weighted by atomic mass is 32.2. The Morgan fingerprint density at radius 2 is 1.96 bits per heavy atom. The average Bonchev–Trinajstić information content (AvgIpc) is 3.11. The molecule has 0 unspecified atom stereocenters. The van der Waals surface area contributed by atoms with Crippen LogP contribution >= 0.6 is 11.8 Å². The molecule has 0 aromatic heterocycles. The van der Waals surface area contributed by atoms with Crippen LogP contribution in [0.5, 0.6) is 0 Å². The number of hydrogen-bond acceptors (Lipinski definition) is 6. The van der Waals surface area contributed by atoms with Gasteiger partial charge < -0.3 is 14.7 Å². The fourth-order valence-corrected chi connectivity index (χ4v) is 2.96. The topological polar surface area (TPSA) is 48.3 Å². The van der Waals surface area contributed by atoms with E-state index in [1.54, 1.807) is 0 Å². The predicted octanol–water partition coefficient (Wildman–Crippen LogP) is 2.86. The van der Waals surface area contributed by atoms with Crippen LogP contribution in [0, 0.1) is 0 Å². The molecular weight excluding hydrogens is 358 g/mol. The second-order valence-electron chi connectivity index (χ2n) is 5.01. The third-order valence-electron chi connectivity index (χ3n) is 3.27. The first-order chi connectivity index (χ1) is 20.4. The third-order valence-corrected chi connectivity index (χ3v) is 4.28. The zero-order chi connectivity index (χ0) is 34.4. The van der Waals surface area contributed by atoms with Gasteiger partial charge >= 0.3 is 0 Å². The van der Waals surface area contributed by atoms with Gasteiger partial charge in [-0.25, -0.2) is 4.99 Å². The molecule has 0 bridgehead atoms. The molecular formula is C21H25N3O2S. The number of aliphatic imine (C=N–C) groups is 1. The molecule has 2 aliphatic heterocycles. The lowest BCUT2D eigenvalue weighted by Crippen LogP contribution is -2.49. The molecule has 1 saturated heterocycles. The lowest BCUT2D eigenvalue weighted by atomic mass is 10.1. The summed E-state index contributed by atoms with van der Waals surface area (Å²) < 4.78 is 157. The van der Waals surface area contributed by atoms with Crippen molar-refractivity contribution in [2.75, 3.05) is 52.3 Å². The largest absolute Gasteiger partial charge is 0.394 e. The molecule has 142 valence electrons. The lowest BCUT2D eigenvalue weighted by Gasteiger charge is -2.36. The van der Waals surface area contributed by atoms with Gasteiger partial charge in [0.1, 0.15) is 5.84 Å².